The topological polar surface area (TPSA) is 44.8 Å². The summed E-state index contributed by atoms with van der Waals surface area (Å²) >= 11 is -4.15. The van der Waals surface area contributed by atoms with E-state index in [0.29, 0.717) is 19.0 Å². The molecular formula is C13H19AsO4. The van der Waals surface area contributed by atoms with Gasteiger partial charge in [0.2, 0.25) is 0 Å². The van der Waals surface area contributed by atoms with Gasteiger partial charge >= 0.3 is 111 Å². The average molecular weight is 314 g/mol. The van der Waals surface area contributed by atoms with Crippen LogP contribution in [0.2, 0.25) is 0 Å². The van der Waals surface area contributed by atoms with Crippen molar-refractivity contribution < 1.29 is 14.9 Å². The van der Waals surface area contributed by atoms with E-state index in [1.807, 2.05) is 45.9 Å². The van der Waals surface area contributed by atoms with Gasteiger partial charge in [0.1, 0.15) is 0 Å². The van der Waals surface area contributed by atoms with Crippen LogP contribution in [-0.2, 0) is 11.2 Å². The molecule has 1 aromatic carbocycles. The summed E-state index contributed by atoms with van der Waals surface area (Å²) < 4.78 is 28.7. The molecule has 1 fully saturated rings. The summed E-state index contributed by atoms with van der Waals surface area (Å²) in [5.74, 6) is 0.611. The predicted octanol–water partition coefficient (Wildman–Crippen LogP) is 2.62. The molecule has 0 spiro atoms. The van der Waals surface area contributed by atoms with Crippen LogP contribution >= 0.6 is 0 Å². The molecule has 5 heteroatoms. The van der Waals surface area contributed by atoms with Crippen LogP contribution < -0.4 is 3.73 Å². The molecule has 0 amide bonds. The van der Waals surface area contributed by atoms with E-state index in [1.54, 1.807) is 0 Å². The second-order valence-electron chi connectivity index (χ2n) is 5.47. The van der Waals surface area contributed by atoms with Crippen LogP contribution in [0.3, 0.4) is 0 Å². The molecule has 0 aromatic heterocycles. The van der Waals surface area contributed by atoms with E-state index in [1.165, 1.54) is 0 Å². The zero-order valence-electron chi connectivity index (χ0n) is 11.2. The Kier molecular flexibility index (Phi) is 3.63. The van der Waals surface area contributed by atoms with E-state index in [2.05, 4.69) is 0 Å². The fourth-order valence-corrected chi connectivity index (χ4v) is 5.28. The Balaban J connectivity index is 2.17. The SMILES string of the molecule is Cc1cccc(C)c1O[As]1(=O)OCC(C)(C)CO1. The third kappa shape index (κ3) is 3.00. The fourth-order valence-electron chi connectivity index (χ4n) is 1.69. The number of aryl methyl sites for hydroxylation is 2. The first kappa shape index (κ1) is 13.7. The Hall–Kier alpha value is -0.702. The minimum absolute atomic E-state index is 0.112. The van der Waals surface area contributed by atoms with Crippen molar-refractivity contribution in [2.45, 2.75) is 27.7 Å². The molecule has 1 aromatic rings. The van der Waals surface area contributed by atoms with Gasteiger partial charge in [-0.15, -0.1) is 0 Å². The molecule has 1 heterocycles. The molecule has 0 aliphatic carbocycles. The van der Waals surface area contributed by atoms with Gasteiger partial charge in [0.25, 0.3) is 0 Å². The molecule has 0 radical (unpaired) electrons. The molecule has 0 N–H and O–H groups in total. The van der Waals surface area contributed by atoms with Gasteiger partial charge in [0, 0.05) is 0 Å². The molecular weight excluding hydrogens is 295 g/mol. The molecule has 0 bridgehead atoms. The number of hydrogen-bond acceptors (Lipinski definition) is 4. The Bertz CT molecular complexity index is 462. The Labute approximate surface area is 111 Å². The first-order valence-corrected chi connectivity index (χ1v) is 9.03. The quantitative estimate of drug-likeness (QED) is 0.787. The van der Waals surface area contributed by atoms with Crippen LogP contribution in [0.1, 0.15) is 25.0 Å². The number of benzene rings is 1. The van der Waals surface area contributed by atoms with Crippen molar-refractivity contribution in [3.8, 4) is 5.75 Å². The van der Waals surface area contributed by atoms with Crippen LogP contribution in [0.5, 0.6) is 5.75 Å². The first-order valence-electron chi connectivity index (χ1n) is 5.96. The maximum atomic E-state index is 12.4. The average Bonchev–Trinajstić information content (AvgIpc) is 2.29. The molecule has 0 unspecified atom stereocenters. The summed E-state index contributed by atoms with van der Waals surface area (Å²) in [6.45, 7) is 8.63. The van der Waals surface area contributed by atoms with Gasteiger partial charge in [-0.2, -0.15) is 0 Å². The van der Waals surface area contributed by atoms with Gasteiger partial charge < -0.3 is 0 Å². The summed E-state index contributed by atoms with van der Waals surface area (Å²) in [7, 11) is 0. The van der Waals surface area contributed by atoms with Gasteiger partial charge in [-0.25, -0.2) is 0 Å². The third-order valence-corrected chi connectivity index (χ3v) is 5.56. The van der Waals surface area contributed by atoms with Crippen molar-refractivity contribution in [3.63, 3.8) is 0 Å². The predicted molar refractivity (Wildman–Crippen MR) is 68.7 cm³/mol. The molecule has 2 rings (SSSR count). The molecule has 4 nitrogen and oxygen atoms in total. The summed E-state index contributed by atoms with van der Waals surface area (Å²) in [4.78, 5) is 0. The number of para-hydroxylation sites is 1. The molecule has 0 saturated carbocycles. The van der Waals surface area contributed by atoms with Crippen LogP contribution in [0.4, 0.5) is 0 Å². The fraction of sp³-hybridized carbons (Fsp3) is 0.538. The third-order valence-electron chi connectivity index (χ3n) is 2.84. The van der Waals surface area contributed by atoms with Gasteiger partial charge in [-0.1, -0.05) is 0 Å². The van der Waals surface area contributed by atoms with Crippen molar-refractivity contribution in [3.05, 3.63) is 29.3 Å². The number of hydrogen-bond donors (Lipinski definition) is 0. The number of rotatable bonds is 2. The van der Waals surface area contributed by atoms with Crippen LogP contribution in [0, 0.1) is 19.3 Å². The standard InChI is InChI=1S/C13H19AsO4/c1-10-6-5-7-11(2)12(10)18-14(15)16-8-13(3,4)9-17-14/h5-7H,8-9H2,1-4H3. The first-order chi connectivity index (χ1) is 8.31. The van der Waals surface area contributed by atoms with Gasteiger partial charge in [-0.3, -0.25) is 0 Å². The summed E-state index contributed by atoms with van der Waals surface area (Å²) in [5, 5.41) is 0. The van der Waals surface area contributed by atoms with Gasteiger partial charge in [0.15, 0.2) is 0 Å². The Morgan fingerprint density at radius 3 is 2.17 bits per heavy atom. The van der Waals surface area contributed by atoms with Crippen molar-refractivity contribution in [1.82, 2.24) is 0 Å². The van der Waals surface area contributed by atoms with Crippen molar-refractivity contribution in [1.29, 1.82) is 0 Å². The normalized spacial score (nSPS) is 21.6. The van der Waals surface area contributed by atoms with Crippen molar-refractivity contribution in [2.24, 2.45) is 5.41 Å². The van der Waals surface area contributed by atoms with Gasteiger partial charge in [0.05, 0.1) is 0 Å². The second kappa shape index (κ2) is 4.76. The monoisotopic (exact) mass is 314 g/mol. The van der Waals surface area contributed by atoms with E-state index in [-0.39, 0.29) is 5.41 Å². The summed E-state index contributed by atoms with van der Waals surface area (Å²) in [6.07, 6.45) is 0. The van der Waals surface area contributed by atoms with Crippen LogP contribution in [-0.4, -0.2) is 27.7 Å². The van der Waals surface area contributed by atoms with E-state index in [0.717, 1.165) is 11.1 Å². The van der Waals surface area contributed by atoms with Crippen LogP contribution in [0.25, 0.3) is 0 Å². The molecule has 100 valence electrons. The zero-order valence-corrected chi connectivity index (χ0v) is 13.1. The van der Waals surface area contributed by atoms with Crippen molar-refractivity contribution >= 4 is 14.5 Å². The minimum atomic E-state index is -4.15. The molecule has 1 aliphatic rings. The molecule has 0 atom stereocenters. The molecule has 1 aliphatic heterocycles. The zero-order chi connectivity index (χ0) is 13.4. The molecule has 1 saturated heterocycles. The summed E-state index contributed by atoms with van der Waals surface area (Å²) in [5.41, 5.74) is 1.76. The summed E-state index contributed by atoms with van der Waals surface area (Å²) in [6, 6.07) is 5.77. The van der Waals surface area contributed by atoms with E-state index < -0.39 is 14.5 Å². The maximum absolute atomic E-state index is 12.4. The molecule has 18 heavy (non-hydrogen) atoms. The Morgan fingerprint density at radius 1 is 1.17 bits per heavy atom. The Morgan fingerprint density at radius 2 is 1.67 bits per heavy atom. The van der Waals surface area contributed by atoms with E-state index >= 15 is 0 Å². The van der Waals surface area contributed by atoms with Crippen LogP contribution in [0.15, 0.2) is 18.2 Å². The van der Waals surface area contributed by atoms with E-state index in [4.69, 9.17) is 11.2 Å². The van der Waals surface area contributed by atoms with Crippen molar-refractivity contribution in [2.75, 3.05) is 13.2 Å². The van der Waals surface area contributed by atoms with E-state index in [9.17, 15) is 3.74 Å². The second-order valence-corrected chi connectivity index (χ2v) is 8.81. The van der Waals surface area contributed by atoms with Gasteiger partial charge in [-0.05, 0) is 0 Å².